The molecule has 2 aliphatic rings. The molecule has 2 aliphatic heterocycles. The van der Waals surface area contributed by atoms with Crippen molar-refractivity contribution < 1.29 is 4.79 Å². The number of nitrogens with one attached hydrogen (secondary N) is 2. The summed E-state index contributed by atoms with van der Waals surface area (Å²) in [5.41, 5.74) is 10.2. The van der Waals surface area contributed by atoms with Crippen molar-refractivity contribution in [3.8, 4) is 0 Å². The first-order valence-electron chi connectivity index (χ1n) is 13.9. The number of benzene rings is 2. The second-order valence-electron chi connectivity index (χ2n) is 10.7. The molecule has 2 aromatic carbocycles. The van der Waals surface area contributed by atoms with Crippen LogP contribution in [0.5, 0.6) is 0 Å². The number of nitrogens with two attached hydrogens (primary N) is 1. The fourth-order valence-corrected chi connectivity index (χ4v) is 5.75. The number of rotatable bonds is 9. The predicted octanol–water partition coefficient (Wildman–Crippen LogP) is 4.21. The number of amides is 1. The van der Waals surface area contributed by atoms with Gasteiger partial charge in [-0.15, -0.1) is 0 Å². The second kappa shape index (κ2) is 12.1. The summed E-state index contributed by atoms with van der Waals surface area (Å²) in [6, 6.07) is 13.4. The van der Waals surface area contributed by atoms with E-state index in [0.717, 1.165) is 57.7 Å². The molecule has 2 aromatic rings. The maximum Gasteiger partial charge on any atom is 0.251 e. The van der Waals surface area contributed by atoms with Crippen LogP contribution in [0.4, 0.5) is 11.4 Å². The summed E-state index contributed by atoms with van der Waals surface area (Å²) in [4.78, 5) is 20.5. The third-order valence-electron chi connectivity index (χ3n) is 8.53. The largest absolute Gasteiger partial charge is 0.398 e. The molecule has 7 heteroatoms. The molecule has 4 rings (SSSR count). The van der Waals surface area contributed by atoms with E-state index in [1.165, 1.54) is 24.9 Å². The van der Waals surface area contributed by atoms with Gasteiger partial charge in [0.25, 0.3) is 5.91 Å². The molecular weight excluding hydrogens is 460 g/mol. The Bertz CT molecular complexity index is 1060. The zero-order valence-electron chi connectivity index (χ0n) is 22.9. The lowest BCUT2D eigenvalue weighted by Crippen LogP contribution is -2.56. The number of carbonyl (C=O) groups excluding carboxylic acids is 1. The van der Waals surface area contributed by atoms with Crippen LogP contribution in [0.2, 0.25) is 0 Å². The maximum absolute atomic E-state index is 13.2. The van der Waals surface area contributed by atoms with Crippen molar-refractivity contribution in [3.63, 3.8) is 0 Å². The highest BCUT2D eigenvalue weighted by Crippen LogP contribution is 2.28. The Morgan fingerprint density at radius 2 is 1.54 bits per heavy atom. The Morgan fingerprint density at radius 1 is 0.919 bits per heavy atom. The molecule has 0 aliphatic carbocycles. The van der Waals surface area contributed by atoms with Crippen molar-refractivity contribution in [2.45, 2.75) is 51.5 Å². The maximum atomic E-state index is 13.2. The van der Waals surface area contributed by atoms with Gasteiger partial charge >= 0.3 is 0 Å². The molecule has 0 bridgehead atoms. The molecule has 0 spiro atoms. The van der Waals surface area contributed by atoms with Gasteiger partial charge in [0, 0.05) is 66.3 Å². The highest BCUT2D eigenvalue weighted by atomic mass is 16.1. The summed E-state index contributed by atoms with van der Waals surface area (Å²) in [6.45, 7) is 11.4. The molecule has 2 saturated heterocycles. The Kier molecular flexibility index (Phi) is 8.87. The van der Waals surface area contributed by atoms with Gasteiger partial charge in [-0.05, 0) is 76.2 Å². The number of likely N-dealkylation sites (tertiary alicyclic amines) is 1. The molecule has 37 heavy (non-hydrogen) atoms. The Hall–Kier alpha value is -2.90. The molecule has 2 fully saturated rings. The van der Waals surface area contributed by atoms with Crippen molar-refractivity contribution in [1.29, 1.82) is 5.41 Å². The second-order valence-corrected chi connectivity index (χ2v) is 10.7. The van der Waals surface area contributed by atoms with Crippen molar-refractivity contribution in [2.75, 3.05) is 63.5 Å². The van der Waals surface area contributed by atoms with Crippen LogP contribution < -0.4 is 16.0 Å². The van der Waals surface area contributed by atoms with Crippen LogP contribution in [-0.2, 0) is 0 Å². The minimum atomic E-state index is -0.109. The summed E-state index contributed by atoms with van der Waals surface area (Å²) < 4.78 is 0. The van der Waals surface area contributed by atoms with E-state index in [4.69, 9.17) is 11.1 Å². The number of nitrogens with zero attached hydrogens (tertiary/aromatic N) is 3. The lowest BCUT2D eigenvalue weighted by atomic mass is 9.88. The zero-order valence-corrected chi connectivity index (χ0v) is 22.9. The van der Waals surface area contributed by atoms with Gasteiger partial charge in [0.2, 0.25) is 0 Å². The lowest BCUT2D eigenvalue weighted by molar-refractivity contribution is 0.0543. The van der Waals surface area contributed by atoms with Crippen molar-refractivity contribution in [1.82, 2.24) is 15.1 Å². The molecule has 0 aromatic heterocycles. The van der Waals surface area contributed by atoms with E-state index >= 15 is 0 Å². The van der Waals surface area contributed by atoms with Crippen molar-refractivity contribution in [2.24, 2.45) is 0 Å². The molecule has 1 amide bonds. The van der Waals surface area contributed by atoms with Gasteiger partial charge in [-0.25, -0.2) is 0 Å². The minimum Gasteiger partial charge on any atom is -0.398 e. The fourth-order valence-electron chi connectivity index (χ4n) is 5.75. The number of hydrogen-bond donors (Lipinski definition) is 3. The van der Waals surface area contributed by atoms with Gasteiger partial charge in [-0.1, -0.05) is 32.4 Å². The van der Waals surface area contributed by atoms with E-state index in [1.54, 1.807) is 18.2 Å². The highest BCUT2D eigenvalue weighted by molar-refractivity contribution is 6.15. The van der Waals surface area contributed by atoms with Gasteiger partial charge < -0.3 is 20.9 Å². The van der Waals surface area contributed by atoms with E-state index in [2.05, 4.69) is 53.0 Å². The first kappa shape index (κ1) is 27.1. The number of anilines is 2. The average molecular weight is 505 g/mol. The average Bonchev–Trinajstić information content (AvgIpc) is 2.95. The van der Waals surface area contributed by atoms with E-state index in [-0.39, 0.29) is 11.4 Å². The summed E-state index contributed by atoms with van der Waals surface area (Å²) in [7, 11) is 2.15. The van der Waals surface area contributed by atoms with E-state index in [0.29, 0.717) is 29.1 Å². The van der Waals surface area contributed by atoms with Crippen LogP contribution in [0.3, 0.4) is 0 Å². The summed E-state index contributed by atoms with van der Waals surface area (Å²) in [5.74, 6) is -0.109. The van der Waals surface area contributed by atoms with Crippen LogP contribution in [-0.4, -0.2) is 79.8 Å². The monoisotopic (exact) mass is 504 g/mol. The van der Waals surface area contributed by atoms with Gasteiger partial charge in [-0.2, -0.15) is 0 Å². The number of likely N-dealkylation sites (N-methyl/N-ethyl adjacent to an activating group) is 1. The molecule has 4 N–H and O–H groups in total. The molecule has 0 saturated carbocycles. The van der Waals surface area contributed by atoms with Crippen LogP contribution >= 0.6 is 0 Å². The van der Waals surface area contributed by atoms with Crippen molar-refractivity contribution in [3.05, 3.63) is 59.2 Å². The Labute approximate surface area is 222 Å². The van der Waals surface area contributed by atoms with Crippen LogP contribution in [0, 0.1) is 5.41 Å². The molecule has 0 unspecified atom stereocenters. The van der Waals surface area contributed by atoms with Crippen LogP contribution in [0.25, 0.3) is 0 Å². The quantitative estimate of drug-likeness (QED) is 0.352. The first-order valence-corrected chi connectivity index (χ1v) is 13.9. The summed E-state index contributed by atoms with van der Waals surface area (Å²) in [6.07, 6.45) is 5.77. The minimum absolute atomic E-state index is 0.00898. The topological polar surface area (TPSA) is 88.7 Å². The smallest absolute Gasteiger partial charge is 0.251 e. The third kappa shape index (κ3) is 6.16. The molecule has 0 atom stereocenters. The zero-order chi connectivity index (χ0) is 26.4. The van der Waals surface area contributed by atoms with Crippen molar-refractivity contribution >= 4 is 23.0 Å². The standard InChI is InChI=1S/C30H44N6O/c1-4-30(5-2,36-15-7-6-8-16-36)22-33-29(37)24-11-14-27(31)26(21-24)28(32)23-9-12-25(13-10-23)35-19-17-34(3)18-20-35/h9-14,21,32H,4-8,15-20,22,31H2,1-3H3,(H,33,37). The molecular formula is C30H44N6O. The highest BCUT2D eigenvalue weighted by Gasteiger charge is 2.34. The van der Waals surface area contributed by atoms with Gasteiger partial charge in [0.05, 0.1) is 5.71 Å². The van der Waals surface area contributed by atoms with E-state index in [1.807, 2.05) is 12.1 Å². The van der Waals surface area contributed by atoms with E-state index in [9.17, 15) is 4.79 Å². The summed E-state index contributed by atoms with van der Waals surface area (Å²) in [5, 5.41) is 12.1. The van der Waals surface area contributed by atoms with Gasteiger partial charge in [0.15, 0.2) is 0 Å². The Balaban J connectivity index is 1.45. The molecule has 2 heterocycles. The number of nitrogen functional groups attached to an aromatic ring is 1. The first-order chi connectivity index (χ1) is 17.9. The fraction of sp³-hybridized carbons (Fsp3) is 0.533. The number of piperazine rings is 1. The van der Waals surface area contributed by atoms with Gasteiger partial charge in [0.1, 0.15) is 0 Å². The van der Waals surface area contributed by atoms with E-state index < -0.39 is 0 Å². The number of hydrogen-bond acceptors (Lipinski definition) is 6. The van der Waals surface area contributed by atoms with Gasteiger partial charge in [-0.3, -0.25) is 15.1 Å². The van der Waals surface area contributed by atoms with Crippen LogP contribution in [0.1, 0.15) is 67.4 Å². The Morgan fingerprint density at radius 3 is 2.16 bits per heavy atom. The molecule has 0 radical (unpaired) electrons. The van der Waals surface area contributed by atoms with Crippen LogP contribution in [0.15, 0.2) is 42.5 Å². The number of piperidine rings is 1. The SMILES string of the molecule is CCC(CC)(CNC(=O)c1ccc(N)c(C(=N)c2ccc(N3CCN(C)CC3)cc2)c1)N1CCCCC1. The lowest BCUT2D eigenvalue weighted by Gasteiger charge is -2.45. The summed E-state index contributed by atoms with van der Waals surface area (Å²) >= 11 is 0. The third-order valence-corrected chi connectivity index (χ3v) is 8.53. The molecule has 200 valence electrons. The number of carbonyl (C=O) groups is 1. The normalized spacial score (nSPS) is 17.5. The predicted molar refractivity (Wildman–Crippen MR) is 154 cm³/mol. The molecule has 7 nitrogen and oxygen atoms in total.